The molecule has 0 bridgehead atoms. The van der Waals surface area contributed by atoms with Crippen LogP contribution in [-0.2, 0) is 14.8 Å². The maximum absolute atomic E-state index is 12.8. The van der Waals surface area contributed by atoms with Gasteiger partial charge in [0.1, 0.15) is 5.54 Å². The van der Waals surface area contributed by atoms with Gasteiger partial charge < -0.3 is 5.11 Å². The van der Waals surface area contributed by atoms with Gasteiger partial charge >= 0.3 is 6.09 Å². The Morgan fingerprint density at radius 3 is 2.25 bits per heavy atom. The van der Waals surface area contributed by atoms with E-state index >= 15 is 0 Å². The smallest absolute Gasteiger partial charge is 0.408 e. The van der Waals surface area contributed by atoms with Crippen LogP contribution < -0.4 is 4.72 Å². The highest BCUT2D eigenvalue weighted by Crippen LogP contribution is 2.54. The lowest BCUT2D eigenvalue weighted by atomic mass is 9.99. The number of nitrogens with one attached hydrogen (secondary N) is 1. The Balaban J connectivity index is 2.34. The molecule has 2 rings (SSSR count). The predicted octanol–water partition coefficient (Wildman–Crippen LogP) is 1.79. The van der Waals surface area contributed by atoms with E-state index in [4.69, 9.17) is 0 Å². The molecule has 0 saturated heterocycles. The van der Waals surface area contributed by atoms with Crippen molar-refractivity contribution in [3.63, 3.8) is 0 Å². The first-order valence-electron chi connectivity index (χ1n) is 7.70. The number of carbonyl (C=O) groups excluding carboxylic acids is 1. The fourth-order valence-corrected chi connectivity index (χ4v) is 4.56. The van der Waals surface area contributed by atoms with Crippen LogP contribution in [-0.4, -0.2) is 53.2 Å². The van der Waals surface area contributed by atoms with E-state index in [-0.39, 0.29) is 6.42 Å². The average molecular weight is 368 g/mol. The zero-order valence-corrected chi connectivity index (χ0v) is 14.6. The Hall–Kier alpha value is -1.45. The topological polar surface area (TPSA) is 104 Å². The lowest BCUT2D eigenvalue weighted by Gasteiger charge is -2.40. The van der Waals surface area contributed by atoms with Gasteiger partial charge in [-0.25, -0.2) is 22.0 Å². The minimum atomic E-state index is -3.89. The third-order valence-electron chi connectivity index (χ3n) is 4.39. The number of hydrogen-bond donors (Lipinski definition) is 2. The van der Waals surface area contributed by atoms with Gasteiger partial charge in [-0.1, -0.05) is 0 Å². The lowest BCUT2D eigenvalue weighted by molar-refractivity contribution is -0.128. The number of hydrogen-bond acceptors (Lipinski definition) is 4. The van der Waals surface area contributed by atoms with Crippen LogP contribution in [0.4, 0.5) is 13.6 Å². The molecule has 2 saturated carbocycles. The fourth-order valence-electron chi connectivity index (χ4n) is 3.20. The standard InChI is InChI=1S/C14H22F2N2O5S/c1-13(2,3)18(12(20)21)14(7-8(14)6-10(15)16)11(19)17-24(22,23)9-4-5-9/h8-10H,4-7H2,1-3H3,(H,17,19)(H,20,21)/t8-,14-/m1/s1. The van der Waals surface area contributed by atoms with Gasteiger partial charge in [0.05, 0.1) is 5.25 Å². The molecule has 0 unspecified atom stereocenters. The van der Waals surface area contributed by atoms with Crippen LogP contribution >= 0.6 is 0 Å². The molecular weight excluding hydrogens is 346 g/mol. The summed E-state index contributed by atoms with van der Waals surface area (Å²) in [5.41, 5.74) is -2.83. The summed E-state index contributed by atoms with van der Waals surface area (Å²) in [6.07, 6.45) is -4.07. The molecule has 0 aromatic heterocycles. The van der Waals surface area contributed by atoms with Gasteiger partial charge in [-0.15, -0.1) is 0 Å². The first-order chi connectivity index (χ1) is 10.8. The number of carboxylic acid groups (broad SMARTS) is 1. The molecule has 0 aromatic carbocycles. The third-order valence-corrected chi connectivity index (χ3v) is 6.21. The zero-order chi connectivity index (χ0) is 18.5. The Morgan fingerprint density at radius 2 is 1.88 bits per heavy atom. The van der Waals surface area contributed by atoms with E-state index in [0.717, 1.165) is 4.90 Å². The molecule has 2 aliphatic rings. The van der Waals surface area contributed by atoms with Crippen molar-refractivity contribution in [3.05, 3.63) is 0 Å². The van der Waals surface area contributed by atoms with Crippen molar-refractivity contribution in [1.29, 1.82) is 0 Å². The monoisotopic (exact) mass is 368 g/mol. The van der Waals surface area contributed by atoms with Crippen molar-refractivity contribution < 1.29 is 31.9 Å². The number of carbonyl (C=O) groups is 2. The van der Waals surface area contributed by atoms with E-state index < -0.39 is 57.1 Å². The summed E-state index contributed by atoms with van der Waals surface area (Å²) in [6, 6.07) is 0. The van der Waals surface area contributed by atoms with E-state index in [2.05, 4.69) is 0 Å². The van der Waals surface area contributed by atoms with Gasteiger partial charge in [0, 0.05) is 12.0 Å². The summed E-state index contributed by atoms with van der Waals surface area (Å²) >= 11 is 0. The van der Waals surface area contributed by atoms with Crippen LogP contribution in [0.5, 0.6) is 0 Å². The Bertz CT molecular complexity index is 642. The predicted molar refractivity (Wildman–Crippen MR) is 81.2 cm³/mol. The van der Waals surface area contributed by atoms with E-state index in [0.29, 0.717) is 12.8 Å². The number of rotatable bonds is 6. The summed E-state index contributed by atoms with van der Waals surface area (Å²) in [4.78, 5) is 25.1. The quantitative estimate of drug-likeness (QED) is 0.744. The fraction of sp³-hybridized carbons (Fsp3) is 0.857. The first-order valence-corrected chi connectivity index (χ1v) is 9.24. The number of amides is 2. The third kappa shape index (κ3) is 3.47. The Labute approximate surface area is 139 Å². The minimum Gasteiger partial charge on any atom is -0.465 e. The van der Waals surface area contributed by atoms with Gasteiger partial charge in [-0.2, -0.15) is 0 Å². The normalized spacial score (nSPS) is 27.0. The molecule has 10 heteroatoms. The highest BCUT2D eigenvalue weighted by molar-refractivity contribution is 7.90. The van der Waals surface area contributed by atoms with Crippen LogP contribution in [0.1, 0.15) is 46.5 Å². The molecule has 0 spiro atoms. The van der Waals surface area contributed by atoms with Crippen molar-refractivity contribution in [2.75, 3.05) is 0 Å². The number of halogens is 2. The van der Waals surface area contributed by atoms with Crippen molar-refractivity contribution >= 4 is 22.0 Å². The molecule has 138 valence electrons. The molecule has 24 heavy (non-hydrogen) atoms. The van der Waals surface area contributed by atoms with Gasteiger partial charge in [0.15, 0.2) is 0 Å². The van der Waals surface area contributed by atoms with Crippen molar-refractivity contribution in [3.8, 4) is 0 Å². The molecule has 7 nitrogen and oxygen atoms in total. The second kappa shape index (κ2) is 5.82. The van der Waals surface area contributed by atoms with Crippen LogP contribution in [0.25, 0.3) is 0 Å². The molecule has 0 aliphatic heterocycles. The van der Waals surface area contributed by atoms with Crippen LogP contribution in [0, 0.1) is 5.92 Å². The summed E-state index contributed by atoms with van der Waals surface area (Å²) in [5.74, 6) is -1.94. The highest BCUT2D eigenvalue weighted by Gasteiger charge is 2.68. The molecule has 2 atom stereocenters. The van der Waals surface area contributed by atoms with E-state index in [9.17, 15) is 31.9 Å². The lowest BCUT2D eigenvalue weighted by Crippen LogP contribution is -2.60. The Morgan fingerprint density at radius 1 is 1.33 bits per heavy atom. The number of alkyl halides is 2. The summed E-state index contributed by atoms with van der Waals surface area (Å²) < 4.78 is 51.4. The van der Waals surface area contributed by atoms with E-state index in [1.54, 1.807) is 0 Å². The maximum Gasteiger partial charge on any atom is 0.408 e. The second-order valence-corrected chi connectivity index (χ2v) is 9.38. The SMILES string of the molecule is CC(C)(C)N(C(=O)O)[C@]1(C(=O)NS(=O)(=O)C2CC2)C[C@H]1CC(F)F. The van der Waals surface area contributed by atoms with Crippen molar-refractivity contribution in [2.24, 2.45) is 5.92 Å². The number of nitrogens with zero attached hydrogens (tertiary/aromatic N) is 1. The molecule has 0 radical (unpaired) electrons. The van der Waals surface area contributed by atoms with Gasteiger partial charge in [0.25, 0.3) is 5.91 Å². The molecule has 2 aliphatic carbocycles. The van der Waals surface area contributed by atoms with Gasteiger partial charge in [0.2, 0.25) is 16.4 Å². The summed E-state index contributed by atoms with van der Waals surface area (Å²) in [6.45, 7) is 4.59. The largest absolute Gasteiger partial charge is 0.465 e. The van der Waals surface area contributed by atoms with E-state index in [1.165, 1.54) is 20.8 Å². The van der Waals surface area contributed by atoms with Crippen LogP contribution in [0.3, 0.4) is 0 Å². The first kappa shape index (κ1) is 18.9. The zero-order valence-electron chi connectivity index (χ0n) is 13.8. The van der Waals surface area contributed by atoms with Crippen LogP contribution in [0.2, 0.25) is 0 Å². The Kier molecular flexibility index (Phi) is 4.58. The summed E-state index contributed by atoms with van der Waals surface area (Å²) in [7, 11) is -3.89. The second-order valence-electron chi connectivity index (χ2n) is 7.42. The van der Waals surface area contributed by atoms with Gasteiger partial charge in [-0.05, 0) is 46.0 Å². The molecule has 2 amide bonds. The molecule has 0 heterocycles. The van der Waals surface area contributed by atoms with Crippen molar-refractivity contribution in [1.82, 2.24) is 9.62 Å². The van der Waals surface area contributed by atoms with E-state index in [1.807, 2.05) is 4.72 Å². The molecule has 2 fully saturated rings. The summed E-state index contributed by atoms with van der Waals surface area (Å²) in [5, 5.41) is 8.85. The average Bonchev–Trinajstić information content (AvgIpc) is 3.20. The molecule has 0 aromatic rings. The van der Waals surface area contributed by atoms with Crippen molar-refractivity contribution in [2.45, 2.75) is 69.2 Å². The minimum absolute atomic E-state index is 0.118. The van der Waals surface area contributed by atoms with Crippen LogP contribution in [0.15, 0.2) is 0 Å². The molecular formula is C14H22F2N2O5S. The highest BCUT2D eigenvalue weighted by atomic mass is 32.2. The number of sulfonamides is 1. The molecule has 2 N–H and O–H groups in total. The van der Waals surface area contributed by atoms with Gasteiger partial charge in [-0.3, -0.25) is 14.4 Å². The maximum atomic E-state index is 12.8.